The van der Waals surface area contributed by atoms with E-state index in [9.17, 15) is 9.59 Å². The van der Waals surface area contributed by atoms with Gasteiger partial charge in [0.15, 0.2) is 12.2 Å². The molecule has 1 unspecified atom stereocenters. The molecule has 31 heavy (non-hydrogen) atoms. The van der Waals surface area contributed by atoms with Crippen LogP contribution < -0.4 is 9.47 Å². The Hall–Kier alpha value is -3.10. The highest BCUT2D eigenvalue weighted by Crippen LogP contribution is 2.16. The van der Waals surface area contributed by atoms with E-state index in [1.54, 1.807) is 24.3 Å². The van der Waals surface area contributed by atoms with Gasteiger partial charge in [0.05, 0.1) is 13.2 Å². The molecule has 2 rings (SSSR count). The summed E-state index contributed by atoms with van der Waals surface area (Å²) in [6, 6.07) is 14.5. The minimum atomic E-state index is -0.989. The van der Waals surface area contributed by atoms with Gasteiger partial charge >= 0.3 is 11.9 Å². The lowest BCUT2D eigenvalue weighted by molar-refractivity contribution is -0.149. The van der Waals surface area contributed by atoms with Gasteiger partial charge in [0.25, 0.3) is 0 Å². The van der Waals surface area contributed by atoms with Gasteiger partial charge in [-0.15, -0.1) is 0 Å². The van der Waals surface area contributed by atoms with E-state index < -0.39 is 24.1 Å². The lowest BCUT2D eigenvalue weighted by Crippen LogP contribution is -2.24. The normalized spacial score (nSPS) is 12.7. The van der Waals surface area contributed by atoms with Crippen molar-refractivity contribution in [2.75, 3.05) is 27.4 Å². The zero-order chi connectivity index (χ0) is 22.6. The Morgan fingerprint density at radius 1 is 0.710 bits per heavy atom. The Kier molecular flexibility index (Phi) is 9.80. The van der Waals surface area contributed by atoms with Crippen molar-refractivity contribution < 1.29 is 38.7 Å². The number of ether oxygens (including phenoxy) is 4. The highest BCUT2D eigenvalue weighted by Gasteiger charge is 2.17. The molecule has 0 amide bonds. The molecule has 0 radical (unpaired) electrons. The van der Waals surface area contributed by atoms with E-state index in [2.05, 4.69) is 0 Å². The first-order valence-electron chi connectivity index (χ1n) is 9.87. The quantitative estimate of drug-likeness (QED) is 0.439. The molecule has 0 saturated carbocycles. The maximum absolute atomic E-state index is 11.0. The van der Waals surface area contributed by atoms with Crippen LogP contribution in [0, 0.1) is 0 Å². The van der Waals surface area contributed by atoms with Crippen LogP contribution in [-0.4, -0.2) is 61.8 Å². The van der Waals surface area contributed by atoms with Crippen molar-refractivity contribution in [3.05, 3.63) is 59.7 Å². The van der Waals surface area contributed by atoms with Gasteiger partial charge in [-0.05, 0) is 35.4 Å². The summed E-state index contributed by atoms with van der Waals surface area (Å²) >= 11 is 0. The van der Waals surface area contributed by atoms with Crippen molar-refractivity contribution in [2.24, 2.45) is 0 Å². The summed E-state index contributed by atoms with van der Waals surface area (Å²) in [7, 11) is 2.76. The smallest absolute Gasteiger partial charge is 0.333 e. The second-order valence-electron chi connectivity index (χ2n) is 6.87. The monoisotopic (exact) mass is 432 g/mol. The number of hydrogen-bond donors (Lipinski definition) is 2. The lowest BCUT2D eigenvalue weighted by atomic mass is 10.1. The summed E-state index contributed by atoms with van der Waals surface area (Å²) in [6.45, 7) is 0.947. The van der Waals surface area contributed by atoms with Gasteiger partial charge in [-0.2, -0.15) is 0 Å². The number of carboxylic acid groups (broad SMARTS) is 2. The number of hydrogen-bond acceptors (Lipinski definition) is 6. The highest BCUT2D eigenvalue weighted by atomic mass is 16.5. The first-order valence-corrected chi connectivity index (χ1v) is 9.87. The standard InChI is InChI=1S/C23H28O8/c1-28-20(22(24)25)14-16-4-8-18(9-5-16)30-12-3-13-31-19-10-6-17(7-11-19)15-21(29-2)23(26)27/h4-11,20-21H,3,12-15H2,1-2H3,(H,24,25)(H,26,27)/t20-,21?/m0/s1. The van der Waals surface area contributed by atoms with Gasteiger partial charge < -0.3 is 29.2 Å². The molecule has 0 saturated heterocycles. The molecule has 0 aliphatic rings. The molecule has 0 bridgehead atoms. The molecule has 2 N–H and O–H groups in total. The Morgan fingerprint density at radius 2 is 1.06 bits per heavy atom. The molecule has 2 aromatic carbocycles. The fraction of sp³-hybridized carbons (Fsp3) is 0.391. The predicted octanol–water partition coefficient (Wildman–Crippen LogP) is 2.82. The van der Waals surface area contributed by atoms with Crippen LogP contribution in [0.5, 0.6) is 11.5 Å². The predicted molar refractivity (Wildman–Crippen MR) is 113 cm³/mol. The van der Waals surface area contributed by atoms with E-state index in [-0.39, 0.29) is 0 Å². The summed E-state index contributed by atoms with van der Waals surface area (Å²) in [5, 5.41) is 18.1. The van der Waals surface area contributed by atoms with Crippen LogP contribution in [0.4, 0.5) is 0 Å². The maximum atomic E-state index is 11.0. The molecular weight excluding hydrogens is 404 g/mol. The second-order valence-corrected chi connectivity index (χ2v) is 6.87. The van der Waals surface area contributed by atoms with E-state index in [0.717, 1.165) is 11.1 Å². The number of rotatable bonds is 14. The van der Waals surface area contributed by atoms with Crippen LogP contribution in [0.15, 0.2) is 48.5 Å². The van der Waals surface area contributed by atoms with Gasteiger partial charge in [0.2, 0.25) is 0 Å². The van der Waals surface area contributed by atoms with Crippen molar-refractivity contribution >= 4 is 11.9 Å². The van der Waals surface area contributed by atoms with Crippen LogP contribution in [0.2, 0.25) is 0 Å². The Balaban J connectivity index is 1.69. The topological polar surface area (TPSA) is 112 Å². The molecular formula is C23H28O8. The maximum Gasteiger partial charge on any atom is 0.333 e. The average molecular weight is 432 g/mol. The fourth-order valence-corrected chi connectivity index (χ4v) is 2.85. The number of carbonyl (C=O) groups is 2. The van der Waals surface area contributed by atoms with Crippen molar-refractivity contribution in [3.63, 3.8) is 0 Å². The first-order chi connectivity index (χ1) is 14.9. The van der Waals surface area contributed by atoms with Gasteiger partial charge in [-0.1, -0.05) is 24.3 Å². The third-order valence-electron chi connectivity index (χ3n) is 4.63. The lowest BCUT2D eigenvalue weighted by Gasteiger charge is -2.12. The Morgan fingerprint density at radius 3 is 1.35 bits per heavy atom. The fourth-order valence-electron chi connectivity index (χ4n) is 2.85. The minimum Gasteiger partial charge on any atom is -0.493 e. The Bertz CT molecular complexity index is 747. The van der Waals surface area contributed by atoms with Crippen LogP contribution in [0.25, 0.3) is 0 Å². The van der Waals surface area contributed by atoms with Crippen LogP contribution in [-0.2, 0) is 31.9 Å². The van der Waals surface area contributed by atoms with Crippen molar-refractivity contribution in [2.45, 2.75) is 31.5 Å². The SMILES string of the molecule is COC(Cc1ccc(OCCCOc2ccc(C[C@H](OC)C(=O)O)cc2)cc1)C(=O)O. The van der Waals surface area contributed by atoms with Gasteiger partial charge in [0.1, 0.15) is 11.5 Å². The van der Waals surface area contributed by atoms with E-state index in [4.69, 9.17) is 29.2 Å². The molecule has 0 spiro atoms. The zero-order valence-electron chi connectivity index (χ0n) is 17.7. The average Bonchev–Trinajstić information content (AvgIpc) is 2.77. The number of benzene rings is 2. The summed E-state index contributed by atoms with van der Waals surface area (Å²) in [5.74, 6) is -0.583. The minimum absolute atomic E-state index is 0.293. The van der Waals surface area contributed by atoms with E-state index in [1.807, 2.05) is 24.3 Å². The molecule has 0 aliphatic carbocycles. The molecule has 0 fully saturated rings. The zero-order valence-corrected chi connectivity index (χ0v) is 17.7. The summed E-state index contributed by atoms with van der Waals surface area (Å²) in [6.07, 6.45) is -0.463. The Labute approximate surface area is 181 Å². The number of aliphatic carboxylic acids is 2. The van der Waals surface area contributed by atoms with Crippen molar-refractivity contribution in [1.29, 1.82) is 0 Å². The van der Waals surface area contributed by atoms with Gasteiger partial charge in [-0.25, -0.2) is 9.59 Å². The number of carboxylic acids is 2. The van der Waals surface area contributed by atoms with Crippen LogP contribution in [0.1, 0.15) is 17.5 Å². The molecule has 2 atom stereocenters. The molecule has 168 valence electrons. The van der Waals surface area contributed by atoms with Crippen LogP contribution in [0.3, 0.4) is 0 Å². The highest BCUT2D eigenvalue weighted by molar-refractivity contribution is 5.73. The molecule has 0 heterocycles. The second kappa shape index (κ2) is 12.6. The summed E-state index contributed by atoms with van der Waals surface area (Å²) < 4.78 is 21.2. The molecule has 0 aromatic heterocycles. The van der Waals surface area contributed by atoms with E-state index in [0.29, 0.717) is 44.0 Å². The van der Waals surface area contributed by atoms with Crippen molar-refractivity contribution in [3.8, 4) is 11.5 Å². The van der Waals surface area contributed by atoms with E-state index in [1.165, 1.54) is 14.2 Å². The van der Waals surface area contributed by atoms with Crippen LogP contribution >= 0.6 is 0 Å². The number of methoxy groups -OCH3 is 2. The molecule has 0 aliphatic heterocycles. The largest absolute Gasteiger partial charge is 0.493 e. The molecule has 8 heteroatoms. The summed E-state index contributed by atoms with van der Waals surface area (Å²) in [5.41, 5.74) is 1.71. The molecule has 8 nitrogen and oxygen atoms in total. The van der Waals surface area contributed by atoms with Gasteiger partial charge in [-0.3, -0.25) is 0 Å². The van der Waals surface area contributed by atoms with E-state index >= 15 is 0 Å². The third-order valence-corrected chi connectivity index (χ3v) is 4.63. The molecule has 2 aromatic rings. The summed E-state index contributed by atoms with van der Waals surface area (Å²) in [4.78, 5) is 22.0. The van der Waals surface area contributed by atoms with Gasteiger partial charge in [0, 0.05) is 33.5 Å². The third kappa shape index (κ3) is 8.27. The van der Waals surface area contributed by atoms with Crippen molar-refractivity contribution in [1.82, 2.24) is 0 Å². The first kappa shape index (κ1) is 24.2.